The molecule has 0 rings (SSSR count). The molecule has 0 bridgehead atoms. The van der Waals surface area contributed by atoms with E-state index in [2.05, 4.69) is 0 Å². The highest BCUT2D eigenvalue weighted by Gasteiger charge is 2.23. The number of rotatable bonds is 6. The topological polar surface area (TPSA) is 20.2 Å². The maximum absolute atomic E-state index is 12.9. The van der Waals surface area contributed by atoms with Gasteiger partial charge in [0.15, 0.2) is 0 Å². The zero-order chi connectivity index (χ0) is 10.3. The maximum Gasteiger partial charge on any atom is 0.266 e. The third-order valence-electron chi connectivity index (χ3n) is 1.73. The van der Waals surface area contributed by atoms with Crippen LogP contribution >= 0.6 is 0 Å². The van der Waals surface area contributed by atoms with E-state index in [1.165, 1.54) is 6.92 Å². The van der Waals surface area contributed by atoms with E-state index in [9.17, 15) is 8.78 Å². The van der Waals surface area contributed by atoms with Gasteiger partial charge < -0.3 is 5.11 Å². The second kappa shape index (κ2) is 6.08. The van der Waals surface area contributed by atoms with E-state index in [1.54, 1.807) is 0 Å². The average molecular weight is 192 g/mol. The van der Waals surface area contributed by atoms with E-state index in [0.29, 0.717) is 6.42 Å². The van der Waals surface area contributed by atoms with Crippen LogP contribution in [0.1, 0.15) is 39.5 Å². The molecule has 0 heterocycles. The molecule has 0 aromatic rings. The molecule has 1 nitrogen and oxygen atoms in total. The fraction of sp³-hybridized carbons (Fsp3) is 0.800. The zero-order valence-corrected chi connectivity index (χ0v) is 8.26. The molecule has 0 aliphatic rings. The van der Waals surface area contributed by atoms with Crippen molar-refractivity contribution >= 4 is 0 Å². The highest BCUT2D eigenvalue weighted by Crippen LogP contribution is 2.23. The van der Waals surface area contributed by atoms with Crippen molar-refractivity contribution in [2.24, 2.45) is 0 Å². The molecule has 0 saturated heterocycles. The van der Waals surface area contributed by atoms with Crippen LogP contribution in [0, 0.1) is 0 Å². The molecular weight excluding hydrogens is 174 g/mol. The first-order chi connectivity index (χ1) is 5.98. The third-order valence-corrected chi connectivity index (χ3v) is 1.73. The Morgan fingerprint density at radius 3 is 2.46 bits per heavy atom. The number of halogens is 2. The van der Waals surface area contributed by atoms with E-state index < -0.39 is 12.0 Å². The van der Waals surface area contributed by atoms with Crippen LogP contribution in [0.25, 0.3) is 0 Å². The highest BCUT2D eigenvalue weighted by atomic mass is 19.3. The van der Waals surface area contributed by atoms with Crippen molar-refractivity contribution in [3.8, 4) is 0 Å². The van der Waals surface area contributed by atoms with Gasteiger partial charge in [-0.15, -0.1) is 0 Å². The molecule has 1 N–H and O–H groups in total. The number of unbranched alkanes of at least 4 members (excludes halogenated alkanes) is 2. The molecule has 0 fully saturated rings. The van der Waals surface area contributed by atoms with Gasteiger partial charge in [-0.1, -0.05) is 25.8 Å². The smallest absolute Gasteiger partial charge is 0.266 e. The summed E-state index contributed by atoms with van der Waals surface area (Å²) < 4.78 is 25.8. The lowest BCUT2D eigenvalue weighted by Gasteiger charge is -2.11. The molecule has 13 heavy (non-hydrogen) atoms. The number of allylic oxidation sites excluding steroid dienone is 1. The summed E-state index contributed by atoms with van der Waals surface area (Å²) in [7, 11) is 0. The van der Waals surface area contributed by atoms with Gasteiger partial charge in [-0.2, -0.15) is 0 Å². The Morgan fingerprint density at radius 1 is 1.38 bits per heavy atom. The summed E-state index contributed by atoms with van der Waals surface area (Å²) in [5.41, 5.74) is 0. The molecule has 0 saturated carbocycles. The summed E-state index contributed by atoms with van der Waals surface area (Å²) in [5.74, 6) is -2.76. The van der Waals surface area contributed by atoms with Gasteiger partial charge in [0.2, 0.25) is 0 Å². The van der Waals surface area contributed by atoms with Crippen LogP contribution in [0.5, 0.6) is 0 Å². The molecule has 0 aromatic heterocycles. The Morgan fingerprint density at radius 2 is 2.00 bits per heavy atom. The van der Waals surface area contributed by atoms with Crippen molar-refractivity contribution in [2.45, 2.75) is 51.6 Å². The van der Waals surface area contributed by atoms with E-state index in [4.69, 9.17) is 5.11 Å². The van der Waals surface area contributed by atoms with Crippen LogP contribution in [0.3, 0.4) is 0 Å². The summed E-state index contributed by atoms with van der Waals surface area (Å²) in [5, 5.41) is 8.77. The first-order valence-corrected chi connectivity index (χ1v) is 4.73. The lowest BCUT2D eigenvalue weighted by Crippen LogP contribution is -2.12. The Balaban J connectivity index is 3.79. The van der Waals surface area contributed by atoms with Crippen LogP contribution in [0.2, 0.25) is 0 Å². The third kappa shape index (κ3) is 7.91. The Labute approximate surface area is 78.5 Å². The lowest BCUT2D eigenvalue weighted by molar-refractivity contribution is 0.0415. The highest BCUT2D eigenvalue weighted by molar-refractivity contribution is 4.97. The lowest BCUT2D eigenvalue weighted by atomic mass is 10.1. The number of aliphatic hydroxyl groups is 1. The number of aliphatic hydroxyl groups excluding tert-OH is 1. The number of hydrogen-bond donors (Lipinski definition) is 1. The molecule has 0 aromatic carbocycles. The molecule has 0 aliphatic heterocycles. The Hall–Kier alpha value is -0.440. The Kier molecular flexibility index (Phi) is 5.88. The van der Waals surface area contributed by atoms with Gasteiger partial charge in [0.25, 0.3) is 5.92 Å². The van der Waals surface area contributed by atoms with Gasteiger partial charge >= 0.3 is 0 Å². The molecule has 1 atom stereocenters. The SMILES string of the molecule is CCCCCC(F)(F)/C=C\C(C)O. The summed E-state index contributed by atoms with van der Waals surface area (Å²) in [6.07, 6.45) is 3.32. The second-order valence-corrected chi connectivity index (χ2v) is 3.32. The number of hydrogen-bond acceptors (Lipinski definition) is 1. The van der Waals surface area contributed by atoms with Gasteiger partial charge in [0.1, 0.15) is 0 Å². The van der Waals surface area contributed by atoms with Gasteiger partial charge in [-0.05, 0) is 19.4 Å². The molecule has 3 heteroatoms. The van der Waals surface area contributed by atoms with Crippen LogP contribution in [0.15, 0.2) is 12.2 Å². The van der Waals surface area contributed by atoms with Gasteiger partial charge in [-0.3, -0.25) is 0 Å². The zero-order valence-electron chi connectivity index (χ0n) is 8.26. The molecule has 0 amide bonds. The predicted molar refractivity (Wildman–Crippen MR) is 49.9 cm³/mol. The van der Waals surface area contributed by atoms with Crippen LogP contribution in [-0.2, 0) is 0 Å². The molecular formula is C10H18F2O. The molecule has 0 radical (unpaired) electrons. The summed E-state index contributed by atoms with van der Waals surface area (Å²) in [6.45, 7) is 3.43. The Bertz CT molecular complexity index is 153. The normalized spacial score (nSPS) is 15.2. The van der Waals surface area contributed by atoms with Crippen molar-refractivity contribution in [3.05, 3.63) is 12.2 Å². The number of alkyl halides is 2. The standard InChI is InChI=1S/C10H18F2O/c1-3-4-5-7-10(11,12)8-6-9(2)13/h6,8-9,13H,3-5,7H2,1-2H3/b8-6-. The summed E-state index contributed by atoms with van der Waals surface area (Å²) in [6, 6.07) is 0. The van der Waals surface area contributed by atoms with Crippen molar-refractivity contribution in [1.29, 1.82) is 0 Å². The first-order valence-electron chi connectivity index (χ1n) is 4.73. The monoisotopic (exact) mass is 192 g/mol. The van der Waals surface area contributed by atoms with Crippen LogP contribution in [0.4, 0.5) is 8.78 Å². The average Bonchev–Trinajstić information content (AvgIpc) is 2.02. The van der Waals surface area contributed by atoms with Crippen molar-refractivity contribution in [3.63, 3.8) is 0 Å². The summed E-state index contributed by atoms with van der Waals surface area (Å²) in [4.78, 5) is 0. The minimum Gasteiger partial charge on any atom is -0.389 e. The van der Waals surface area contributed by atoms with Crippen molar-refractivity contribution in [1.82, 2.24) is 0 Å². The van der Waals surface area contributed by atoms with Crippen molar-refractivity contribution < 1.29 is 13.9 Å². The van der Waals surface area contributed by atoms with E-state index in [0.717, 1.165) is 25.0 Å². The van der Waals surface area contributed by atoms with Crippen LogP contribution in [-0.4, -0.2) is 17.1 Å². The fourth-order valence-electron chi connectivity index (χ4n) is 0.974. The van der Waals surface area contributed by atoms with Gasteiger partial charge in [-0.25, -0.2) is 8.78 Å². The maximum atomic E-state index is 12.9. The van der Waals surface area contributed by atoms with E-state index in [1.807, 2.05) is 6.92 Å². The quantitative estimate of drug-likeness (QED) is 0.506. The molecule has 78 valence electrons. The van der Waals surface area contributed by atoms with Gasteiger partial charge in [0, 0.05) is 6.42 Å². The van der Waals surface area contributed by atoms with Crippen LogP contribution < -0.4 is 0 Å². The van der Waals surface area contributed by atoms with Crippen molar-refractivity contribution in [2.75, 3.05) is 0 Å². The van der Waals surface area contributed by atoms with E-state index in [-0.39, 0.29) is 6.42 Å². The largest absolute Gasteiger partial charge is 0.389 e. The fourth-order valence-corrected chi connectivity index (χ4v) is 0.974. The summed E-state index contributed by atoms with van der Waals surface area (Å²) >= 11 is 0. The second-order valence-electron chi connectivity index (χ2n) is 3.32. The molecule has 0 spiro atoms. The predicted octanol–water partition coefficient (Wildman–Crippen LogP) is 3.14. The minimum atomic E-state index is -2.76. The van der Waals surface area contributed by atoms with Gasteiger partial charge in [0.05, 0.1) is 6.10 Å². The minimum absolute atomic E-state index is 0.121. The van der Waals surface area contributed by atoms with E-state index >= 15 is 0 Å². The molecule has 1 unspecified atom stereocenters. The first kappa shape index (κ1) is 12.6. The molecule has 0 aliphatic carbocycles.